The van der Waals surface area contributed by atoms with E-state index in [4.69, 9.17) is 5.73 Å². The van der Waals surface area contributed by atoms with Gasteiger partial charge in [-0.15, -0.1) is 11.8 Å². The molecule has 2 aromatic rings. The molecule has 0 saturated heterocycles. The molecule has 1 aromatic heterocycles. The summed E-state index contributed by atoms with van der Waals surface area (Å²) in [4.78, 5) is 53.7. The standard InChI is InChI=1S/C23H33N5O4S/c1-14(2)10-27(20-21(24)28(11-15(3)4)23(32)26-22(20)31)19(30)13-33-12-18(29)25-17-8-6-16(5)7-9-17/h6-9,14-15H,10-13,24H2,1-5H3,(H,25,29)(H,26,31,32). The second kappa shape index (κ2) is 11.7. The topological polar surface area (TPSA) is 130 Å². The molecule has 0 saturated carbocycles. The van der Waals surface area contributed by atoms with Gasteiger partial charge in [0.05, 0.1) is 11.5 Å². The van der Waals surface area contributed by atoms with Crippen LogP contribution in [0.1, 0.15) is 33.3 Å². The van der Waals surface area contributed by atoms with Crippen molar-refractivity contribution in [2.75, 3.05) is 34.0 Å². The number of nitrogen functional groups attached to an aromatic ring is 1. The first-order valence-corrected chi connectivity index (χ1v) is 12.0. The van der Waals surface area contributed by atoms with Crippen LogP contribution in [0, 0.1) is 18.8 Å². The molecule has 33 heavy (non-hydrogen) atoms. The maximum Gasteiger partial charge on any atom is 0.330 e. The van der Waals surface area contributed by atoms with E-state index in [1.165, 1.54) is 9.47 Å². The Morgan fingerprint density at radius 3 is 2.30 bits per heavy atom. The van der Waals surface area contributed by atoms with Crippen molar-refractivity contribution < 1.29 is 9.59 Å². The van der Waals surface area contributed by atoms with E-state index in [-0.39, 0.29) is 53.2 Å². The van der Waals surface area contributed by atoms with Crippen molar-refractivity contribution in [1.29, 1.82) is 0 Å². The lowest BCUT2D eigenvalue weighted by atomic mass is 10.2. The molecule has 0 fully saturated rings. The van der Waals surface area contributed by atoms with Crippen molar-refractivity contribution in [2.24, 2.45) is 11.8 Å². The van der Waals surface area contributed by atoms with Crippen LogP contribution in [0.15, 0.2) is 33.9 Å². The number of nitrogens with two attached hydrogens (primary N) is 1. The normalized spacial score (nSPS) is 11.1. The first-order chi connectivity index (χ1) is 15.5. The molecular weight excluding hydrogens is 442 g/mol. The highest BCUT2D eigenvalue weighted by molar-refractivity contribution is 8.00. The summed E-state index contributed by atoms with van der Waals surface area (Å²) < 4.78 is 1.28. The van der Waals surface area contributed by atoms with Crippen molar-refractivity contribution in [3.05, 3.63) is 50.7 Å². The summed E-state index contributed by atoms with van der Waals surface area (Å²) in [5.74, 6) is -0.398. The zero-order chi connectivity index (χ0) is 24.7. The van der Waals surface area contributed by atoms with Crippen LogP contribution in [0.4, 0.5) is 17.2 Å². The zero-order valence-corrected chi connectivity index (χ0v) is 20.6. The molecule has 2 amide bonds. The monoisotopic (exact) mass is 475 g/mol. The number of thioether (sulfide) groups is 1. The van der Waals surface area contributed by atoms with Crippen molar-refractivity contribution >= 4 is 40.8 Å². The molecule has 0 aliphatic heterocycles. The number of nitrogens with zero attached hydrogens (tertiary/aromatic N) is 2. The van der Waals surface area contributed by atoms with E-state index < -0.39 is 11.2 Å². The summed E-state index contributed by atoms with van der Waals surface area (Å²) in [7, 11) is 0. The number of benzene rings is 1. The SMILES string of the molecule is Cc1ccc(NC(=O)CSCC(=O)N(CC(C)C)c2c(N)n(CC(C)C)c(=O)[nH]c2=O)cc1. The van der Waals surface area contributed by atoms with E-state index in [1.807, 2.05) is 58.9 Å². The number of aromatic nitrogens is 2. The van der Waals surface area contributed by atoms with Gasteiger partial charge in [-0.2, -0.15) is 0 Å². The molecule has 4 N–H and O–H groups in total. The van der Waals surface area contributed by atoms with Gasteiger partial charge in [0.25, 0.3) is 5.56 Å². The van der Waals surface area contributed by atoms with Crippen LogP contribution >= 0.6 is 11.8 Å². The first kappa shape index (κ1) is 26.2. The van der Waals surface area contributed by atoms with Crippen molar-refractivity contribution in [3.63, 3.8) is 0 Å². The number of aryl methyl sites for hydroxylation is 1. The maximum atomic E-state index is 13.1. The largest absolute Gasteiger partial charge is 0.383 e. The Kier molecular flexibility index (Phi) is 9.33. The molecule has 10 heteroatoms. The predicted octanol–water partition coefficient (Wildman–Crippen LogP) is 2.44. The molecule has 2 rings (SSSR count). The van der Waals surface area contributed by atoms with Crippen LogP contribution in [0.5, 0.6) is 0 Å². The Hall–Kier alpha value is -3.01. The molecule has 0 aliphatic rings. The third-order valence-corrected chi connectivity index (χ3v) is 5.59. The predicted molar refractivity (Wildman–Crippen MR) is 135 cm³/mol. The second-order valence-corrected chi connectivity index (χ2v) is 9.79. The van der Waals surface area contributed by atoms with Crippen LogP contribution in [0.25, 0.3) is 0 Å². The van der Waals surface area contributed by atoms with Gasteiger partial charge < -0.3 is 16.0 Å². The summed E-state index contributed by atoms with van der Waals surface area (Å²) >= 11 is 1.15. The van der Waals surface area contributed by atoms with Gasteiger partial charge in [-0.1, -0.05) is 45.4 Å². The Labute approximate surface area is 197 Å². The van der Waals surface area contributed by atoms with Gasteiger partial charge in [-0.25, -0.2) is 4.79 Å². The van der Waals surface area contributed by atoms with Crippen molar-refractivity contribution in [2.45, 2.75) is 41.2 Å². The summed E-state index contributed by atoms with van der Waals surface area (Å²) in [5.41, 5.74) is 6.64. The first-order valence-electron chi connectivity index (χ1n) is 10.9. The number of rotatable bonds is 10. The van der Waals surface area contributed by atoms with Crippen molar-refractivity contribution in [3.8, 4) is 0 Å². The van der Waals surface area contributed by atoms with E-state index in [2.05, 4.69) is 10.3 Å². The fourth-order valence-electron chi connectivity index (χ4n) is 3.21. The third kappa shape index (κ3) is 7.52. The average molecular weight is 476 g/mol. The molecule has 0 spiro atoms. The van der Waals surface area contributed by atoms with E-state index in [1.54, 1.807) is 0 Å². The van der Waals surface area contributed by atoms with Gasteiger partial charge >= 0.3 is 5.69 Å². The molecule has 0 bridgehead atoms. The minimum absolute atomic E-state index is 0.0176. The van der Waals surface area contributed by atoms with Crippen molar-refractivity contribution in [1.82, 2.24) is 9.55 Å². The number of anilines is 3. The van der Waals surface area contributed by atoms with Crippen LogP contribution in [-0.2, 0) is 16.1 Å². The Balaban J connectivity index is 2.15. The summed E-state index contributed by atoms with van der Waals surface area (Å²) in [5, 5.41) is 2.79. The van der Waals surface area contributed by atoms with Crippen LogP contribution in [0.3, 0.4) is 0 Å². The molecular formula is C23H33N5O4S. The number of hydrogen-bond acceptors (Lipinski definition) is 6. The number of H-pyrrole nitrogens is 1. The molecule has 0 unspecified atom stereocenters. The van der Waals surface area contributed by atoms with Gasteiger partial charge in [0.2, 0.25) is 11.8 Å². The van der Waals surface area contributed by atoms with Crippen LogP contribution in [0.2, 0.25) is 0 Å². The molecule has 1 heterocycles. The van der Waals surface area contributed by atoms with Gasteiger partial charge in [0, 0.05) is 18.8 Å². The fourth-order valence-corrected chi connectivity index (χ4v) is 3.90. The molecule has 9 nitrogen and oxygen atoms in total. The van der Waals surface area contributed by atoms with Gasteiger partial charge in [-0.05, 0) is 30.9 Å². The molecule has 1 aromatic carbocycles. The summed E-state index contributed by atoms with van der Waals surface area (Å²) in [6, 6.07) is 7.43. The lowest BCUT2D eigenvalue weighted by Crippen LogP contribution is -2.43. The Morgan fingerprint density at radius 2 is 1.73 bits per heavy atom. The minimum atomic E-state index is -0.700. The number of nitrogens with one attached hydrogen (secondary N) is 2. The fraction of sp³-hybridized carbons (Fsp3) is 0.478. The Bertz CT molecular complexity index is 1090. The molecule has 180 valence electrons. The van der Waals surface area contributed by atoms with E-state index in [9.17, 15) is 19.2 Å². The molecule has 0 aliphatic carbocycles. The smallest absolute Gasteiger partial charge is 0.330 e. The minimum Gasteiger partial charge on any atom is -0.383 e. The third-order valence-electron chi connectivity index (χ3n) is 4.67. The number of carbonyl (C=O) groups is 2. The van der Waals surface area contributed by atoms with E-state index in [0.29, 0.717) is 12.2 Å². The molecule has 0 radical (unpaired) electrons. The lowest BCUT2D eigenvalue weighted by Gasteiger charge is -2.26. The second-order valence-electron chi connectivity index (χ2n) is 8.80. The van der Waals surface area contributed by atoms with E-state index >= 15 is 0 Å². The lowest BCUT2D eigenvalue weighted by molar-refractivity contribution is -0.116. The number of hydrogen-bond donors (Lipinski definition) is 3. The highest BCUT2D eigenvalue weighted by atomic mass is 32.2. The highest BCUT2D eigenvalue weighted by Crippen LogP contribution is 2.20. The van der Waals surface area contributed by atoms with Gasteiger partial charge in [0.1, 0.15) is 5.82 Å². The van der Waals surface area contributed by atoms with Crippen LogP contribution in [-0.4, -0.2) is 39.4 Å². The number of amides is 2. The van der Waals surface area contributed by atoms with E-state index in [0.717, 1.165) is 17.3 Å². The number of aromatic amines is 1. The maximum absolute atomic E-state index is 13.1. The van der Waals surface area contributed by atoms with Crippen LogP contribution < -0.4 is 27.2 Å². The summed E-state index contributed by atoms with van der Waals surface area (Å²) in [6.45, 7) is 10.2. The zero-order valence-electron chi connectivity index (χ0n) is 19.8. The number of carbonyl (C=O) groups excluding carboxylic acids is 2. The van der Waals surface area contributed by atoms with Gasteiger partial charge in [0.15, 0.2) is 5.69 Å². The highest BCUT2D eigenvalue weighted by Gasteiger charge is 2.25. The van der Waals surface area contributed by atoms with Gasteiger partial charge in [-0.3, -0.25) is 23.9 Å². The average Bonchev–Trinajstić information content (AvgIpc) is 2.71. The summed E-state index contributed by atoms with van der Waals surface area (Å²) in [6.07, 6.45) is 0. The molecule has 0 atom stereocenters. The Morgan fingerprint density at radius 1 is 1.09 bits per heavy atom. The quantitative estimate of drug-likeness (QED) is 0.484.